The number of hydrogen-bond acceptors (Lipinski definition) is 4. The first-order valence-electron chi connectivity index (χ1n) is 9.25. The van der Waals surface area contributed by atoms with Gasteiger partial charge in [-0.2, -0.15) is 8.78 Å². The van der Waals surface area contributed by atoms with Gasteiger partial charge in [-0.05, 0) is 42.7 Å². The first-order valence-corrected chi connectivity index (χ1v) is 9.25. The topological polar surface area (TPSA) is 56.8 Å². The minimum Gasteiger partial charge on any atom is -0.490 e. The average Bonchev–Trinajstić information content (AvgIpc) is 2.66. The molecule has 2 aromatic rings. The number of halogens is 2. The van der Waals surface area contributed by atoms with Crippen LogP contribution in [0.3, 0.4) is 0 Å². The Hall–Kier alpha value is -2.83. The van der Waals surface area contributed by atoms with Gasteiger partial charge in [-0.15, -0.1) is 0 Å². The van der Waals surface area contributed by atoms with Crippen molar-refractivity contribution in [2.24, 2.45) is 0 Å². The first-order chi connectivity index (χ1) is 13.5. The van der Waals surface area contributed by atoms with Gasteiger partial charge in [-0.1, -0.05) is 26.0 Å². The molecule has 152 valence electrons. The molecule has 2 rings (SSSR count). The highest BCUT2D eigenvalue weighted by atomic mass is 19.3. The van der Waals surface area contributed by atoms with Gasteiger partial charge in [0, 0.05) is 11.8 Å². The standard InChI is InChI=1S/C21H25F2NO4/c1-3-11-26-18-10-7-16(14-19(18)27-12-4-2)24-20(25)13-15-5-8-17(9-6-15)28-21(22)23/h5-10,14,21H,3-4,11-13H2,1-2H3,(H,24,25). The van der Waals surface area contributed by atoms with Gasteiger partial charge in [0.25, 0.3) is 0 Å². The number of nitrogens with one attached hydrogen (secondary N) is 1. The Morgan fingerprint density at radius 3 is 2.21 bits per heavy atom. The van der Waals surface area contributed by atoms with Crippen LogP contribution in [0.2, 0.25) is 0 Å². The number of rotatable bonds is 11. The van der Waals surface area contributed by atoms with Crippen LogP contribution in [0, 0.1) is 0 Å². The Morgan fingerprint density at radius 1 is 0.964 bits per heavy atom. The van der Waals surface area contributed by atoms with Crippen molar-refractivity contribution in [3.63, 3.8) is 0 Å². The van der Waals surface area contributed by atoms with Crippen LogP contribution in [0.1, 0.15) is 32.3 Å². The third kappa shape index (κ3) is 7.06. The van der Waals surface area contributed by atoms with Gasteiger partial charge >= 0.3 is 6.61 Å². The van der Waals surface area contributed by atoms with Crippen molar-refractivity contribution in [1.29, 1.82) is 0 Å². The Labute approximate surface area is 163 Å². The van der Waals surface area contributed by atoms with Gasteiger partial charge < -0.3 is 19.5 Å². The fraction of sp³-hybridized carbons (Fsp3) is 0.381. The monoisotopic (exact) mass is 393 g/mol. The van der Waals surface area contributed by atoms with Crippen LogP contribution in [-0.4, -0.2) is 25.7 Å². The molecule has 0 aliphatic carbocycles. The largest absolute Gasteiger partial charge is 0.490 e. The average molecular weight is 393 g/mol. The number of anilines is 1. The number of benzene rings is 2. The summed E-state index contributed by atoms with van der Waals surface area (Å²) in [4.78, 5) is 12.3. The van der Waals surface area contributed by atoms with Gasteiger partial charge in [0.15, 0.2) is 11.5 Å². The summed E-state index contributed by atoms with van der Waals surface area (Å²) in [5, 5.41) is 2.81. The highest BCUT2D eigenvalue weighted by Gasteiger charge is 2.10. The zero-order valence-electron chi connectivity index (χ0n) is 16.0. The van der Waals surface area contributed by atoms with Crippen LogP contribution in [-0.2, 0) is 11.2 Å². The molecular formula is C21H25F2NO4. The Balaban J connectivity index is 2.00. The maximum Gasteiger partial charge on any atom is 0.387 e. The van der Waals surface area contributed by atoms with Gasteiger partial charge in [-0.25, -0.2) is 0 Å². The summed E-state index contributed by atoms with van der Waals surface area (Å²) in [5.74, 6) is 1.05. The molecule has 0 heterocycles. The van der Waals surface area contributed by atoms with Crippen molar-refractivity contribution in [3.05, 3.63) is 48.0 Å². The molecule has 0 aromatic heterocycles. The molecule has 2 aromatic carbocycles. The molecule has 0 unspecified atom stereocenters. The van der Waals surface area contributed by atoms with Crippen molar-refractivity contribution in [3.8, 4) is 17.2 Å². The molecule has 5 nitrogen and oxygen atoms in total. The summed E-state index contributed by atoms with van der Waals surface area (Å²) in [6.45, 7) is 2.29. The Bertz CT molecular complexity index is 751. The lowest BCUT2D eigenvalue weighted by molar-refractivity contribution is -0.115. The number of amides is 1. The van der Waals surface area contributed by atoms with Gasteiger partial charge in [0.05, 0.1) is 19.6 Å². The van der Waals surface area contributed by atoms with Crippen LogP contribution in [0.15, 0.2) is 42.5 Å². The second-order valence-electron chi connectivity index (χ2n) is 6.11. The lowest BCUT2D eigenvalue weighted by atomic mass is 10.1. The van der Waals surface area contributed by atoms with E-state index in [1.807, 2.05) is 13.8 Å². The molecule has 0 fully saturated rings. The number of hydrogen-bond donors (Lipinski definition) is 1. The van der Waals surface area contributed by atoms with Gasteiger partial charge in [0.2, 0.25) is 5.91 Å². The predicted molar refractivity (Wildman–Crippen MR) is 103 cm³/mol. The quantitative estimate of drug-likeness (QED) is 0.581. The third-order valence-electron chi connectivity index (χ3n) is 3.66. The molecule has 0 radical (unpaired) electrons. The minimum atomic E-state index is -2.87. The summed E-state index contributed by atoms with van der Waals surface area (Å²) in [6, 6.07) is 11.2. The zero-order valence-corrected chi connectivity index (χ0v) is 16.0. The van der Waals surface area contributed by atoms with Crippen LogP contribution >= 0.6 is 0 Å². The number of carbonyl (C=O) groups excluding carboxylic acids is 1. The molecule has 0 aliphatic heterocycles. The normalized spacial score (nSPS) is 10.6. The molecule has 1 amide bonds. The van der Waals surface area contributed by atoms with E-state index in [4.69, 9.17) is 9.47 Å². The van der Waals surface area contributed by atoms with Crippen molar-refractivity contribution in [2.75, 3.05) is 18.5 Å². The highest BCUT2D eigenvalue weighted by Crippen LogP contribution is 2.31. The van der Waals surface area contributed by atoms with E-state index >= 15 is 0 Å². The van der Waals surface area contributed by atoms with E-state index in [1.165, 1.54) is 12.1 Å². The van der Waals surface area contributed by atoms with E-state index in [9.17, 15) is 13.6 Å². The summed E-state index contributed by atoms with van der Waals surface area (Å²) >= 11 is 0. The maximum atomic E-state index is 12.3. The second kappa shape index (κ2) is 11.1. The SMILES string of the molecule is CCCOc1ccc(NC(=O)Cc2ccc(OC(F)F)cc2)cc1OCCC. The molecule has 0 spiro atoms. The summed E-state index contributed by atoms with van der Waals surface area (Å²) in [5.41, 5.74) is 1.28. The lowest BCUT2D eigenvalue weighted by Gasteiger charge is -2.14. The molecule has 0 atom stereocenters. The van der Waals surface area contributed by atoms with Gasteiger partial charge in [0.1, 0.15) is 5.75 Å². The van der Waals surface area contributed by atoms with E-state index in [-0.39, 0.29) is 18.1 Å². The van der Waals surface area contributed by atoms with E-state index in [0.29, 0.717) is 36.0 Å². The van der Waals surface area contributed by atoms with E-state index in [2.05, 4.69) is 10.1 Å². The van der Waals surface area contributed by atoms with E-state index in [0.717, 1.165) is 12.8 Å². The van der Waals surface area contributed by atoms with Crippen molar-refractivity contribution < 1.29 is 27.8 Å². The Morgan fingerprint density at radius 2 is 1.61 bits per heavy atom. The smallest absolute Gasteiger partial charge is 0.387 e. The molecule has 0 saturated heterocycles. The molecule has 0 aliphatic rings. The van der Waals surface area contributed by atoms with Crippen molar-refractivity contribution >= 4 is 11.6 Å². The molecule has 0 saturated carbocycles. The molecular weight excluding hydrogens is 368 g/mol. The van der Waals surface area contributed by atoms with Crippen LogP contribution in [0.5, 0.6) is 17.2 Å². The fourth-order valence-corrected chi connectivity index (χ4v) is 2.42. The number of alkyl halides is 2. The number of ether oxygens (including phenoxy) is 3. The predicted octanol–water partition coefficient (Wildman–Crippen LogP) is 5.05. The van der Waals surface area contributed by atoms with Crippen molar-refractivity contribution in [2.45, 2.75) is 39.7 Å². The van der Waals surface area contributed by atoms with Gasteiger partial charge in [-0.3, -0.25) is 4.79 Å². The van der Waals surface area contributed by atoms with E-state index in [1.54, 1.807) is 30.3 Å². The number of carbonyl (C=O) groups is 1. The molecule has 1 N–H and O–H groups in total. The third-order valence-corrected chi connectivity index (χ3v) is 3.66. The molecule has 28 heavy (non-hydrogen) atoms. The van der Waals surface area contributed by atoms with E-state index < -0.39 is 6.61 Å². The second-order valence-corrected chi connectivity index (χ2v) is 6.11. The van der Waals surface area contributed by atoms with Crippen LogP contribution in [0.25, 0.3) is 0 Å². The summed E-state index contributed by atoms with van der Waals surface area (Å²) in [7, 11) is 0. The molecule has 0 bridgehead atoms. The molecule has 7 heteroatoms. The van der Waals surface area contributed by atoms with Crippen molar-refractivity contribution in [1.82, 2.24) is 0 Å². The summed E-state index contributed by atoms with van der Waals surface area (Å²) < 4.78 is 40.0. The first kappa shape index (κ1) is 21.5. The summed E-state index contributed by atoms with van der Waals surface area (Å²) in [6.07, 6.45) is 1.84. The zero-order chi connectivity index (χ0) is 20.4. The minimum absolute atomic E-state index is 0.0551. The Kier molecular flexibility index (Phi) is 8.52. The highest BCUT2D eigenvalue weighted by molar-refractivity contribution is 5.92. The maximum absolute atomic E-state index is 12.3. The van der Waals surface area contributed by atoms with Crippen LogP contribution in [0.4, 0.5) is 14.5 Å². The fourth-order valence-electron chi connectivity index (χ4n) is 2.42. The van der Waals surface area contributed by atoms with Crippen LogP contribution < -0.4 is 19.5 Å². The lowest BCUT2D eigenvalue weighted by Crippen LogP contribution is -2.14.